The van der Waals surface area contributed by atoms with Crippen LogP contribution in [-0.4, -0.2) is 27.9 Å². The zero-order valence-electron chi connectivity index (χ0n) is 12.4. The van der Waals surface area contributed by atoms with E-state index < -0.39 is 0 Å². The Balaban J connectivity index is 1.59. The molecule has 1 aromatic heterocycles. The van der Waals surface area contributed by atoms with Crippen molar-refractivity contribution in [2.75, 3.05) is 13.1 Å². The summed E-state index contributed by atoms with van der Waals surface area (Å²) in [4.78, 5) is 11.5. The molecule has 1 aliphatic heterocycles. The molecule has 5 heteroatoms. The first-order chi connectivity index (χ1) is 10.1. The Morgan fingerprint density at radius 3 is 3.10 bits per heavy atom. The number of aryl methyl sites for hydroxylation is 2. The van der Waals surface area contributed by atoms with E-state index >= 15 is 0 Å². The van der Waals surface area contributed by atoms with Gasteiger partial charge in [0.2, 0.25) is 0 Å². The topological polar surface area (TPSA) is 58.6 Å². The van der Waals surface area contributed by atoms with E-state index in [9.17, 15) is 10.0 Å². The molecule has 1 unspecified atom stereocenters. The van der Waals surface area contributed by atoms with Gasteiger partial charge in [-0.05, 0) is 55.7 Å². The number of nitrogens with zero attached hydrogens (tertiary/aromatic N) is 2. The number of fused-ring (bicyclic) bond motifs is 1. The van der Waals surface area contributed by atoms with E-state index in [1.165, 1.54) is 21.6 Å². The smallest absolute Gasteiger partial charge is 0.408 e. The molecule has 0 spiro atoms. The maximum atomic E-state index is 11.5. The van der Waals surface area contributed by atoms with Gasteiger partial charge >= 0.3 is 5.76 Å². The van der Waals surface area contributed by atoms with E-state index in [1.807, 2.05) is 12.1 Å². The van der Waals surface area contributed by atoms with Crippen LogP contribution in [0.2, 0.25) is 0 Å². The molecule has 1 atom stereocenters. The van der Waals surface area contributed by atoms with Crippen LogP contribution in [-0.2, 0) is 13.5 Å². The molecule has 1 aromatic carbocycles. The predicted molar refractivity (Wildman–Crippen MR) is 80.5 cm³/mol. The number of oxazole rings is 1. The Morgan fingerprint density at radius 2 is 2.29 bits per heavy atom. The number of hydrogen-bond acceptors (Lipinski definition) is 4. The Kier molecular flexibility index (Phi) is 4.12. The first kappa shape index (κ1) is 14.4. The average molecular weight is 290 g/mol. The Labute approximate surface area is 123 Å². The van der Waals surface area contributed by atoms with Gasteiger partial charge in [-0.3, -0.25) is 4.57 Å². The van der Waals surface area contributed by atoms with Gasteiger partial charge in [0.05, 0.1) is 5.52 Å². The quantitative estimate of drug-likeness (QED) is 0.940. The lowest BCUT2D eigenvalue weighted by atomic mass is 9.93. The van der Waals surface area contributed by atoms with Gasteiger partial charge in [0.1, 0.15) is 0 Å². The third kappa shape index (κ3) is 3.19. The fourth-order valence-corrected chi connectivity index (χ4v) is 3.21. The highest BCUT2D eigenvalue weighted by molar-refractivity contribution is 5.73. The van der Waals surface area contributed by atoms with Gasteiger partial charge < -0.3 is 9.62 Å². The lowest BCUT2D eigenvalue weighted by molar-refractivity contribution is -0.118. The molecule has 0 aliphatic carbocycles. The molecule has 1 fully saturated rings. The monoisotopic (exact) mass is 290 g/mol. The molecule has 0 bridgehead atoms. The molecule has 1 aliphatic rings. The standard InChI is InChI=1S/C16H22N2O3/c1-17-14-8-7-12(10-15(14)21-16(17)19)4-2-5-13-6-3-9-18(20)11-13/h7-8,10,13,20H,2-6,9,11H2,1H3. The van der Waals surface area contributed by atoms with Crippen LogP contribution >= 0.6 is 0 Å². The predicted octanol–water partition coefficient (Wildman–Crippen LogP) is 2.56. The number of rotatable bonds is 4. The molecule has 1 saturated heterocycles. The summed E-state index contributed by atoms with van der Waals surface area (Å²) in [6.45, 7) is 1.60. The normalized spacial score (nSPS) is 20.2. The second-order valence-corrected chi connectivity index (χ2v) is 6.04. The zero-order chi connectivity index (χ0) is 14.8. The van der Waals surface area contributed by atoms with E-state index in [0.717, 1.165) is 44.3 Å². The number of aromatic nitrogens is 1. The van der Waals surface area contributed by atoms with Gasteiger partial charge in [-0.2, -0.15) is 5.06 Å². The van der Waals surface area contributed by atoms with Crippen LogP contribution in [0, 0.1) is 5.92 Å². The summed E-state index contributed by atoms with van der Waals surface area (Å²) in [5, 5.41) is 11.0. The summed E-state index contributed by atoms with van der Waals surface area (Å²) >= 11 is 0. The molecule has 0 amide bonds. The largest absolute Gasteiger partial charge is 0.419 e. The molecule has 114 valence electrons. The highest BCUT2D eigenvalue weighted by atomic mass is 16.5. The Hall–Kier alpha value is -1.59. The zero-order valence-corrected chi connectivity index (χ0v) is 12.4. The van der Waals surface area contributed by atoms with Gasteiger partial charge in [0.25, 0.3) is 0 Å². The molecule has 3 rings (SSSR count). The van der Waals surface area contributed by atoms with E-state index in [4.69, 9.17) is 4.42 Å². The van der Waals surface area contributed by atoms with Crippen LogP contribution in [0.4, 0.5) is 0 Å². The summed E-state index contributed by atoms with van der Waals surface area (Å²) in [6.07, 6.45) is 5.51. The van der Waals surface area contributed by atoms with Crippen LogP contribution in [0.3, 0.4) is 0 Å². The minimum absolute atomic E-state index is 0.313. The number of hydroxylamine groups is 2. The molecule has 2 aromatic rings. The number of benzene rings is 1. The van der Waals surface area contributed by atoms with Gasteiger partial charge in [-0.25, -0.2) is 4.79 Å². The van der Waals surface area contributed by atoms with Gasteiger partial charge in [-0.1, -0.05) is 6.07 Å². The van der Waals surface area contributed by atoms with Crippen molar-refractivity contribution in [2.24, 2.45) is 13.0 Å². The van der Waals surface area contributed by atoms with Crippen molar-refractivity contribution in [1.29, 1.82) is 0 Å². The summed E-state index contributed by atoms with van der Waals surface area (Å²) in [5.74, 6) is 0.287. The molecule has 5 nitrogen and oxygen atoms in total. The Morgan fingerprint density at radius 1 is 1.43 bits per heavy atom. The minimum atomic E-state index is -0.313. The van der Waals surface area contributed by atoms with E-state index in [2.05, 4.69) is 6.07 Å². The van der Waals surface area contributed by atoms with Crippen molar-refractivity contribution in [3.8, 4) is 0 Å². The minimum Gasteiger partial charge on any atom is -0.408 e. The SMILES string of the molecule is Cn1c(=O)oc2cc(CCCC3CCCN(O)C3)ccc21. The second kappa shape index (κ2) is 6.03. The van der Waals surface area contributed by atoms with Crippen molar-refractivity contribution in [3.05, 3.63) is 34.3 Å². The van der Waals surface area contributed by atoms with Crippen molar-refractivity contribution in [2.45, 2.75) is 32.1 Å². The fraction of sp³-hybridized carbons (Fsp3) is 0.562. The van der Waals surface area contributed by atoms with Crippen LogP contribution in [0.15, 0.2) is 27.4 Å². The van der Waals surface area contributed by atoms with E-state index in [-0.39, 0.29) is 5.76 Å². The number of hydrogen-bond donors (Lipinski definition) is 1. The van der Waals surface area contributed by atoms with Crippen molar-refractivity contribution in [3.63, 3.8) is 0 Å². The molecule has 2 heterocycles. The van der Waals surface area contributed by atoms with E-state index in [0.29, 0.717) is 11.5 Å². The van der Waals surface area contributed by atoms with Crippen molar-refractivity contribution < 1.29 is 9.62 Å². The highest BCUT2D eigenvalue weighted by Crippen LogP contribution is 2.22. The summed E-state index contributed by atoms with van der Waals surface area (Å²) in [7, 11) is 1.72. The lowest BCUT2D eigenvalue weighted by Crippen LogP contribution is -2.32. The maximum Gasteiger partial charge on any atom is 0.419 e. The number of piperidine rings is 1. The maximum absolute atomic E-state index is 11.5. The van der Waals surface area contributed by atoms with Gasteiger partial charge in [0.15, 0.2) is 5.58 Å². The third-order valence-corrected chi connectivity index (χ3v) is 4.43. The molecule has 21 heavy (non-hydrogen) atoms. The van der Waals surface area contributed by atoms with Gasteiger partial charge in [0, 0.05) is 20.1 Å². The fourth-order valence-electron chi connectivity index (χ4n) is 3.21. The third-order valence-electron chi connectivity index (χ3n) is 4.43. The molecular weight excluding hydrogens is 268 g/mol. The van der Waals surface area contributed by atoms with Gasteiger partial charge in [-0.15, -0.1) is 0 Å². The van der Waals surface area contributed by atoms with Crippen molar-refractivity contribution >= 4 is 11.1 Å². The molecule has 0 radical (unpaired) electrons. The first-order valence-corrected chi connectivity index (χ1v) is 7.66. The van der Waals surface area contributed by atoms with Crippen LogP contribution in [0.25, 0.3) is 11.1 Å². The average Bonchev–Trinajstić information content (AvgIpc) is 2.74. The van der Waals surface area contributed by atoms with Crippen LogP contribution in [0.1, 0.15) is 31.2 Å². The summed E-state index contributed by atoms with van der Waals surface area (Å²) < 4.78 is 6.74. The molecule has 1 N–H and O–H groups in total. The summed E-state index contributed by atoms with van der Waals surface area (Å²) in [6, 6.07) is 5.98. The van der Waals surface area contributed by atoms with Crippen LogP contribution in [0.5, 0.6) is 0 Å². The molecule has 0 saturated carbocycles. The summed E-state index contributed by atoms with van der Waals surface area (Å²) in [5.41, 5.74) is 2.71. The Bertz CT molecular complexity index is 674. The lowest BCUT2D eigenvalue weighted by Gasteiger charge is -2.27. The second-order valence-electron chi connectivity index (χ2n) is 6.04. The highest BCUT2D eigenvalue weighted by Gasteiger charge is 2.17. The molecular formula is C16H22N2O3. The van der Waals surface area contributed by atoms with Crippen molar-refractivity contribution in [1.82, 2.24) is 9.63 Å². The first-order valence-electron chi connectivity index (χ1n) is 7.66. The van der Waals surface area contributed by atoms with Crippen LogP contribution < -0.4 is 5.76 Å². The van der Waals surface area contributed by atoms with E-state index in [1.54, 1.807) is 7.05 Å².